The Balaban J connectivity index is 1.62. The molecule has 1 N–H and O–H groups in total. The summed E-state index contributed by atoms with van der Waals surface area (Å²) in [4.78, 5) is 13.5. The lowest BCUT2D eigenvalue weighted by Gasteiger charge is -2.36. The van der Waals surface area contributed by atoms with Crippen LogP contribution in [0.5, 0.6) is 5.75 Å². The maximum Gasteiger partial charge on any atom is 0.264 e. The third-order valence-electron chi connectivity index (χ3n) is 5.84. The lowest BCUT2D eigenvalue weighted by molar-refractivity contribution is -0.129. The molecule has 7 heteroatoms. The molecule has 1 heterocycles. The number of amides is 1. The first kappa shape index (κ1) is 23.8. The van der Waals surface area contributed by atoms with Gasteiger partial charge in [-0.2, -0.15) is 0 Å². The van der Waals surface area contributed by atoms with E-state index >= 15 is 0 Å². The average molecular weight is 479 g/mol. The molecular weight excluding hydrogens is 448 g/mol. The number of fused-ring (bicyclic) bond motifs is 1. The number of nitrogens with one attached hydrogen (secondary N) is 1. The fraction of sp³-hybridized carbons (Fsp3) is 0.296. The minimum atomic E-state index is -3.89. The fourth-order valence-corrected chi connectivity index (χ4v) is 5.60. The zero-order valence-electron chi connectivity index (χ0n) is 19.9. The highest BCUT2D eigenvalue weighted by atomic mass is 32.2. The van der Waals surface area contributed by atoms with E-state index in [1.807, 2.05) is 64.1 Å². The van der Waals surface area contributed by atoms with E-state index in [1.165, 1.54) is 4.31 Å². The van der Waals surface area contributed by atoms with Crippen LogP contribution in [0.15, 0.2) is 77.7 Å². The van der Waals surface area contributed by atoms with Gasteiger partial charge in [0.15, 0.2) is 6.10 Å². The zero-order chi connectivity index (χ0) is 24.5. The predicted octanol–water partition coefficient (Wildman–Crippen LogP) is 4.40. The Kier molecular flexibility index (Phi) is 6.41. The van der Waals surface area contributed by atoms with Gasteiger partial charge in [-0.05, 0) is 69.5 Å². The third kappa shape index (κ3) is 5.09. The van der Waals surface area contributed by atoms with Crippen LogP contribution < -0.4 is 14.4 Å². The van der Waals surface area contributed by atoms with Crippen molar-refractivity contribution in [2.24, 2.45) is 0 Å². The average Bonchev–Trinajstić information content (AvgIpc) is 2.78. The molecule has 0 saturated carbocycles. The minimum absolute atomic E-state index is 0.111. The molecule has 3 aromatic rings. The van der Waals surface area contributed by atoms with Crippen LogP contribution in [0.3, 0.4) is 0 Å². The smallest absolute Gasteiger partial charge is 0.264 e. The lowest BCUT2D eigenvalue weighted by atomic mass is 9.94. The minimum Gasteiger partial charge on any atom is -0.476 e. The maximum absolute atomic E-state index is 13.6. The Bertz CT molecular complexity index is 1290. The predicted molar refractivity (Wildman–Crippen MR) is 134 cm³/mol. The molecule has 0 bridgehead atoms. The van der Waals surface area contributed by atoms with E-state index in [2.05, 4.69) is 5.32 Å². The summed E-state index contributed by atoms with van der Waals surface area (Å²) >= 11 is 0. The van der Waals surface area contributed by atoms with Gasteiger partial charge in [-0.1, -0.05) is 54.1 Å². The summed E-state index contributed by atoms with van der Waals surface area (Å²) in [5, 5.41) is 3.05. The number of hydrogen-bond donors (Lipinski definition) is 1. The number of benzene rings is 3. The number of nitrogens with zero attached hydrogens (tertiary/aromatic N) is 1. The first-order chi connectivity index (χ1) is 16.0. The van der Waals surface area contributed by atoms with Crippen molar-refractivity contribution in [1.82, 2.24) is 5.32 Å². The second-order valence-corrected chi connectivity index (χ2v) is 11.3. The van der Waals surface area contributed by atoms with Gasteiger partial charge in [0, 0.05) is 5.54 Å². The van der Waals surface area contributed by atoms with Gasteiger partial charge >= 0.3 is 0 Å². The SMILES string of the molecule is Cc1ccc(S(=O)(=O)N2C[C@@H](C(=O)NC(C)(C)Cc3ccccc3)Oc3ccc(C)cc32)cc1. The lowest BCUT2D eigenvalue weighted by Crippen LogP contribution is -2.55. The Morgan fingerprint density at radius 2 is 1.65 bits per heavy atom. The van der Waals surface area contributed by atoms with Crippen LogP contribution in [0.2, 0.25) is 0 Å². The number of anilines is 1. The third-order valence-corrected chi connectivity index (χ3v) is 7.63. The molecule has 0 aliphatic carbocycles. The topological polar surface area (TPSA) is 75.7 Å². The van der Waals surface area contributed by atoms with E-state index < -0.39 is 21.7 Å². The number of ether oxygens (including phenoxy) is 1. The number of carbonyl (C=O) groups excluding carboxylic acids is 1. The van der Waals surface area contributed by atoms with Gasteiger partial charge in [0.25, 0.3) is 15.9 Å². The first-order valence-electron chi connectivity index (χ1n) is 11.3. The number of carbonyl (C=O) groups is 1. The van der Waals surface area contributed by atoms with E-state index in [9.17, 15) is 13.2 Å². The summed E-state index contributed by atoms with van der Waals surface area (Å²) in [6.45, 7) is 7.57. The second-order valence-electron chi connectivity index (χ2n) is 9.46. The molecule has 0 radical (unpaired) electrons. The van der Waals surface area contributed by atoms with E-state index in [-0.39, 0.29) is 17.3 Å². The Hall–Kier alpha value is -3.32. The summed E-state index contributed by atoms with van der Waals surface area (Å²) in [6, 6.07) is 21.9. The summed E-state index contributed by atoms with van der Waals surface area (Å²) in [7, 11) is -3.89. The van der Waals surface area contributed by atoms with E-state index in [1.54, 1.807) is 36.4 Å². The molecule has 0 unspecified atom stereocenters. The fourth-order valence-electron chi connectivity index (χ4n) is 4.13. The molecular formula is C27H30N2O4S. The van der Waals surface area contributed by atoms with Gasteiger partial charge in [-0.3, -0.25) is 9.10 Å². The first-order valence-corrected chi connectivity index (χ1v) is 12.7. The molecule has 1 aliphatic heterocycles. The van der Waals surface area contributed by atoms with Crippen molar-refractivity contribution >= 4 is 21.6 Å². The standard InChI is InChI=1S/C27H30N2O4S/c1-19-10-13-22(14-11-19)34(31,32)29-18-25(33-24-15-12-20(2)16-23(24)29)26(30)28-27(3,4)17-21-8-6-5-7-9-21/h5-16,25H,17-18H2,1-4H3,(H,28,30)/t25-/m0/s1. The van der Waals surface area contributed by atoms with Gasteiger partial charge in [0.2, 0.25) is 0 Å². The van der Waals surface area contributed by atoms with Crippen molar-refractivity contribution in [1.29, 1.82) is 0 Å². The number of sulfonamides is 1. The van der Waals surface area contributed by atoms with Crippen molar-refractivity contribution in [3.05, 3.63) is 89.5 Å². The van der Waals surface area contributed by atoms with E-state index in [0.717, 1.165) is 16.7 Å². The molecule has 0 saturated heterocycles. The van der Waals surface area contributed by atoms with Crippen molar-refractivity contribution in [2.75, 3.05) is 10.8 Å². The molecule has 0 spiro atoms. The Morgan fingerprint density at radius 3 is 2.32 bits per heavy atom. The highest BCUT2D eigenvalue weighted by Crippen LogP contribution is 2.38. The van der Waals surface area contributed by atoms with Crippen molar-refractivity contribution in [3.8, 4) is 5.75 Å². The summed E-state index contributed by atoms with van der Waals surface area (Å²) in [5.74, 6) is 0.0183. The monoisotopic (exact) mass is 478 g/mol. The summed E-state index contributed by atoms with van der Waals surface area (Å²) < 4.78 is 34.5. The number of aryl methyl sites for hydroxylation is 2. The molecule has 1 atom stereocenters. The summed E-state index contributed by atoms with van der Waals surface area (Å²) in [6.07, 6.45) is -0.349. The highest BCUT2D eigenvalue weighted by molar-refractivity contribution is 7.92. The Morgan fingerprint density at radius 1 is 1.00 bits per heavy atom. The van der Waals surface area contributed by atoms with Crippen LogP contribution in [0, 0.1) is 13.8 Å². The van der Waals surface area contributed by atoms with E-state index in [4.69, 9.17) is 4.74 Å². The van der Waals surface area contributed by atoms with Crippen LogP contribution in [0.4, 0.5) is 5.69 Å². The van der Waals surface area contributed by atoms with Crippen LogP contribution in [0.1, 0.15) is 30.5 Å². The molecule has 1 aliphatic rings. The van der Waals surface area contributed by atoms with Crippen molar-refractivity contribution in [3.63, 3.8) is 0 Å². The van der Waals surface area contributed by atoms with Gasteiger partial charge < -0.3 is 10.1 Å². The molecule has 4 rings (SSSR count). The highest BCUT2D eigenvalue weighted by Gasteiger charge is 2.39. The molecule has 1 amide bonds. The Labute approximate surface area is 201 Å². The maximum atomic E-state index is 13.6. The normalized spacial score (nSPS) is 15.9. The van der Waals surface area contributed by atoms with Crippen LogP contribution in [-0.2, 0) is 21.2 Å². The van der Waals surface area contributed by atoms with Gasteiger partial charge in [0.1, 0.15) is 5.75 Å². The number of rotatable bonds is 6. The largest absolute Gasteiger partial charge is 0.476 e. The van der Waals surface area contributed by atoms with Gasteiger partial charge in [-0.25, -0.2) is 8.42 Å². The summed E-state index contributed by atoms with van der Waals surface area (Å²) in [5.41, 5.74) is 2.86. The van der Waals surface area contributed by atoms with Crippen molar-refractivity contribution < 1.29 is 17.9 Å². The number of hydrogen-bond acceptors (Lipinski definition) is 4. The zero-order valence-corrected chi connectivity index (χ0v) is 20.7. The molecule has 0 fully saturated rings. The van der Waals surface area contributed by atoms with Gasteiger partial charge in [0.05, 0.1) is 17.1 Å². The van der Waals surface area contributed by atoms with Crippen LogP contribution in [-0.4, -0.2) is 32.5 Å². The quantitative estimate of drug-likeness (QED) is 0.570. The molecule has 34 heavy (non-hydrogen) atoms. The molecule has 178 valence electrons. The van der Waals surface area contributed by atoms with Crippen LogP contribution in [0.25, 0.3) is 0 Å². The molecule has 0 aromatic heterocycles. The molecule has 3 aromatic carbocycles. The molecule has 6 nitrogen and oxygen atoms in total. The second kappa shape index (κ2) is 9.14. The van der Waals surface area contributed by atoms with Crippen LogP contribution >= 0.6 is 0 Å². The van der Waals surface area contributed by atoms with Gasteiger partial charge in [-0.15, -0.1) is 0 Å². The van der Waals surface area contributed by atoms with Crippen molar-refractivity contribution in [2.45, 2.75) is 50.7 Å². The van der Waals surface area contributed by atoms with E-state index in [0.29, 0.717) is 17.9 Å².